The number of carboxylic acid groups (broad SMARTS) is 1. The Kier molecular flexibility index (Phi) is 6.00. The molecule has 23 heavy (non-hydrogen) atoms. The second-order valence-electron chi connectivity index (χ2n) is 5.13. The number of carbonyl (C=O) groups is 1. The Labute approximate surface area is 135 Å². The molecule has 0 aliphatic rings. The van der Waals surface area contributed by atoms with Gasteiger partial charge < -0.3 is 19.9 Å². The Balaban J connectivity index is 2.18. The van der Waals surface area contributed by atoms with Crippen LogP contribution < -0.4 is 14.8 Å². The van der Waals surface area contributed by atoms with Gasteiger partial charge in [0.2, 0.25) is 0 Å². The summed E-state index contributed by atoms with van der Waals surface area (Å²) in [5.41, 5.74) is 1.95. The number of carboxylic acids is 1. The molecule has 5 heteroatoms. The van der Waals surface area contributed by atoms with Crippen molar-refractivity contribution in [3.8, 4) is 11.5 Å². The zero-order chi connectivity index (χ0) is 16.7. The zero-order valence-corrected chi connectivity index (χ0v) is 13.3. The standard InChI is InChI=1S/C18H21NO4/c1-22-16-9-8-14(10-17(16)23-2)15(11-18(20)21)19-12-13-6-4-3-5-7-13/h3-10,15,19H,11-12H2,1-2H3,(H,20,21). The lowest BCUT2D eigenvalue weighted by molar-refractivity contribution is -0.137. The lowest BCUT2D eigenvalue weighted by atomic mass is 10.0. The molecule has 0 aromatic heterocycles. The summed E-state index contributed by atoms with van der Waals surface area (Å²) in [5.74, 6) is 0.348. The maximum atomic E-state index is 11.2. The van der Waals surface area contributed by atoms with Crippen molar-refractivity contribution in [3.05, 3.63) is 59.7 Å². The van der Waals surface area contributed by atoms with E-state index in [0.29, 0.717) is 18.0 Å². The molecule has 2 aromatic carbocycles. The van der Waals surface area contributed by atoms with Crippen LogP contribution >= 0.6 is 0 Å². The van der Waals surface area contributed by atoms with Crippen LogP contribution in [-0.4, -0.2) is 25.3 Å². The molecule has 2 aromatic rings. The number of rotatable bonds is 8. The summed E-state index contributed by atoms with van der Waals surface area (Å²) < 4.78 is 10.5. The Hall–Kier alpha value is -2.53. The van der Waals surface area contributed by atoms with E-state index in [1.807, 2.05) is 42.5 Å². The van der Waals surface area contributed by atoms with Crippen LogP contribution in [-0.2, 0) is 11.3 Å². The summed E-state index contributed by atoms with van der Waals surface area (Å²) in [6.07, 6.45) is -0.0116. The topological polar surface area (TPSA) is 67.8 Å². The van der Waals surface area contributed by atoms with Gasteiger partial charge in [-0.1, -0.05) is 36.4 Å². The van der Waals surface area contributed by atoms with E-state index in [1.54, 1.807) is 20.3 Å². The van der Waals surface area contributed by atoms with Crippen LogP contribution in [0.15, 0.2) is 48.5 Å². The van der Waals surface area contributed by atoms with Gasteiger partial charge in [-0.05, 0) is 23.3 Å². The second kappa shape index (κ2) is 8.19. The fraction of sp³-hybridized carbons (Fsp3) is 0.278. The third-order valence-corrected chi connectivity index (χ3v) is 3.58. The average Bonchev–Trinajstić information content (AvgIpc) is 2.58. The average molecular weight is 315 g/mol. The van der Waals surface area contributed by atoms with E-state index in [9.17, 15) is 9.90 Å². The number of ether oxygens (including phenoxy) is 2. The van der Waals surface area contributed by atoms with Crippen molar-refractivity contribution < 1.29 is 19.4 Å². The molecular weight excluding hydrogens is 294 g/mol. The fourth-order valence-corrected chi connectivity index (χ4v) is 2.39. The highest BCUT2D eigenvalue weighted by atomic mass is 16.5. The molecule has 0 fully saturated rings. The monoisotopic (exact) mass is 315 g/mol. The molecule has 0 bridgehead atoms. The summed E-state index contributed by atoms with van der Waals surface area (Å²) in [4.78, 5) is 11.2. The quantitative estimate of drug-likeness (QED) is 0.784. The maximum absolute atomic E-state index is 11.2. The summed E-state index contributed by atoms with van der Waals surface area (Å²) in [6, 6.07) is 15.0. The number of hydrogen-bond acceptors (Lipinski definition) is 4. The molecule has 0 spiro atoms. The zero-order valence-electron chi connectivity index (χ0n) is 13.3. The van der Waals surface area contributed by atoms with Crippen LogP contribution in [0.5, 0.6) is 11.5 Å². The fourth-order valence-electron chi connectivity index (χ4n) is 2.39. The second-order valence-corrected chi connectivity index (χ2v) is 5.13. The number of methoxy groups -OCH3 is 2. The number of aliphatic carboxylic acids is 1. The molecule has 0 radical (unpaired) electrons. The van der Waals surface area contributed by atoms with Crippen LogP contribution in [0, 0.1) is 0 Å². The van der Waals surface area contributed by atoms with Gasteiger partial charge in [0.1, 0.15) is 0 Å². The van der Waals surface area contributed by atoms with E-state index >= 15 is 0 Å². The van der Waals surface area contributed by atoms with Crippen LogP contribution in [0.4, 0.5) is 0 Å². The predicted octanol–water partition coefficient (Wildman–Crippen LogP) is 3.01. The molecule has 2 rings (SSSR count). The normalized spacial score (nSPS) is 11.7. The van der Waals surface area contributed by atoms with Crippen molar-refractivity contribution >= 4 is 5.97 Å². The molecule has 122 valence electrons. The van der Waals surface area contributed by atoms with Crippen molar-refractivity contribution in [3.63, 3.8) is 0 Å². The number of benzene rings is 2. The van der Waals surface area contributed by atoms with E-state index < -0.39 is 5.97 Å². The first-order chi connectivity index (χ1) is 11.1. The van der Waals surface area contributed by atoms with E-state index in [-0.39, 0.29) is 12.5 Å². The SMILES string of the molecule is COc1ccc(C(CC(=O)O)NCc2ccccc2)cc1OC. The molecule has 5 nitrogen and oxygen atoms in total. The molecule has 2 N–H and O–H groups in total. The van der Waals surface area contributed by atoms with Crippen LogP contribution in [0.1, 0.15) is 23.6 Å². The summed E-state index contributed by atoms with van der Waals surface area (Å²) in [7, 11) is 3.13. The van der Waals surface area contributed by atoms with Crippen LogP contribution in [0.3, 0.4) is 0 Å². The Morgan fingerprint density at radius 3 is 2.39 bits per heavy atom. The molecule has 0 saturated carbocycles. The van der Waals surface area contributed by atoms with Gasteiger partial charge >= 0.3 is 5.97 Å². The third kappa shape index (κ3) is 4.72. The molecule has 1 atom stereocenters. The van der Waals surface area contributed by atoms with Crippen LogP contribution in [0.2, 0.25) is 0 Å². The van der Waals surface area contributed by atoms with Crippen LogP contribution in [0.25, 0.3) is 0 Å². The van der Waals surface area contributed by atoms with Gasteiger partial charge in [-0.2, -0.15) is 0 Å². The lowest BCUT2D eigenvalue weighted by Gasteiger charge is -2.19. The molecule has 1 unspecified atom stereocenters. The van der Waals surface area contributed by atoms with Crippen molar-refractivity contribution in [2.24, 2.45) is 0 Å². The molecule has 0 amide bonds. The van der Waals surface area contributed by atoms with Crippen molar-refractivity contribution in [2.75, 3.05) is 14.2 Å². The molecule has 0 heterocycles. The lowest BCUT2D eigenvalue weighted by Crippen LogP contribution is -2.23. The molecular formula is C18H21NO4. The van der Waals surface area contributed by atoms with Crippen molar-refractivity contribution in [1.29, 1.82) is 0 Å². The minimum atomic E-state index is -0.856. The van der Waals surface area contributed by atoms with Gasteiger partial charge in [0.15, 0.2) is 11.5 Å². The van der Waals surface area contributed by atoms with Crippen molar-refractivity contribution in [2.45, 2.75) is 19.0 Å². The van der Waals surface area contributed by atoms with E-state index in [1.165, 1.54) is 0 Å². The maximum Gasteiger partial charge on any atom is 0.305 e. The summed E-state index contributed by atoms with van der Waals surface area (Å²) in [6.45, 7) is 0.590. The van der Waals surface area contributed by atoms with Gasteiger partial charge in [0.05, 0.1) is 20.6 Å². The van der Waals surface area contributed by atoms with E-state index in [4.69, 9.17) is 9.47 Å². The molecule has 0 saturated heterocycles. The third-order valence-electron chi connectivity index (χ3n) is 3.58. The minimum Gasteiger partial charge on any atom is -0.493 e. The number of hydrogen-bond donors (Lipinski definition) is 2. The molecule has 0 aliphatic carbocycles. The highest BCUT2D eigenvalue weighted by molar-refractivity contribution is 5.68. The Morgan fingerprint density at radius 2 is 1.78 bits per heavy atom. The summed E-state index contributed by atoms with van der Waals surface area (Å²) >= 11 is 0. The predicted molar refractivity (Wildman–Crippen MR) is 87.8 cm³/mol. The van der Waals surface area contributed by atoms with Gasteiger partial charge in [0, 0.05) is 12.6 Å². The Morgan fingerprint density at radius 1 is 1.09 bits per heavy atom. The van der Waals surface area contributed by atoms with E-state index in [0.717, 1.165) is 11.1 Å². The number of nitrogens with one attached hydrogen (secondary N) is 1. The smallest absolute Gasteiger partial charge is 0.305 e. The van der Waals surface area contributed by atoms with Gasteiger partial charge in [-0.15, -0.1) is 0 Å². The highest BCUT2D eigenvalue weighted by Crippen LogP contribution is 2.31. The highest BCUT2D eigenvalue weighted by Gasteiger charge is 2.17. The Bertz CT molecular complexity index is 643. The summed E-state index contributed by atoms with van der Waals surface area (Å²) in [5, 5.41) is 12.5. The minimum absolute atomic E-state index is 0.0116. The van der Waals surface area contributed by atoms with Gasteiger partial charge in [0.25, 0.3) is 0 Å². The first-order valence-electron chi connectivity index (χ1n) is 7.35. The van der Waals surface area contributed by atoms with Crippen molar-refractivity contribution in [1.82, 2.24) is 5.32 Å². The van der Waals surface area contributed by atoms with Gasteiger partial charge in [-0.3, -0.25) is 4.79 Å². The first-order valence-corrected chi connectivity index (χ1v) is 7.35. The van der Waals surface area contributed by atoms with E-state index in [2.05, 4.69) is 5.32 Å². The molecule has 0 aliphatic heterocycles. The first kappa shape index (κ1) is 16.8. The van der Waals surface area contributed by atoms with Gasteiger partial charge in [-0.25, -0.2) is 0 Å². The largest absolute Gasteiger partial charge is 0.493 e.